The van der Waals surface area contributed by atoms with Crippen molar-refractivity contribution in [2.45, 2.75) is 129 Å². The molecule has 9 N–H and O–H groups in total. The standard InChI is InChI=1S/C40H57N6O12P.C13H12.C5H11NO/c47-34(41-24-8-9-26-58-59(56,57)44-25-10-16-39(52)53)20-19-32(40(54)55)45-36(49)15-2-1-7-23-42-37(50)27-43-35(48)21-22-38(51)46-28-31-13-4-3-11-29(31)17-18-30-12-5-6-14-33(30)46;1-11-7-9-13(10-8-11)12-5-3-2-4-6-12;1-2-3-4-6-5-7/h3-6,11-14,32H,1-2,7-10,15-28H2,(H,41,47)(H,42,50)(H,43,48)(H,45,49)(H,52,53)(H,54,55)(H2,44,56,57);2-10H,1H3;5H,2-4H2,1H3,(H,6,7). The molecule has 1 aliphatic heterocycles. The topological polar surface area (TPSA) is 299 Å². The maximum atomic E-state index is 13.4. The lowest BCUT2D eigenvalue weighted by Gasteiger charge is -2.28. The van der Waals surface area contributed by atoms with Crippen molar-refractivity contribution in [1.82, 2.24) is 31.7 Å². The van der Waals surface area contributed by atoms with Crippen LogP contribution in [0.4, 0.5) is 5.69 Å². The van der Waals surface area contributed by atoms with Crippen LogP contribution in [0.1, 0.15) is 119 Å². The maximum Gasteiger partial charge on any atom is 0.402 e. The predicted octanol–water partition coefficient (Wildman–Crippen LogP) is 6.90. The zero-order chi connectivity index (χ0) is 57.7. The number of fused-ring (bicyclic) bond motifs is 2. The summed E-state index contributed by atoms with van der Waals surface area (Å²) < 4.78 is 16.7. The summed E-state index contributed by atoms with van der Waals surface area (Å²) in [6.07, 6.45) is 6.63. The molecule has 0 aromatic heterocycles. The lowest BCUT2D eigenvalue weighted by atomic mass is 9.95. The number of aliphatic carboxylic acids is 2. The molecule has 0 aliphatic carbocycles. The molecule has 0 saturated heterocycles. The first-order chi connectivity index (χ1) is 38.0. The first kappa shape index (κ1) is 66.0. The van der Waals surface area contributed by atoms with E-state index in [0.29, 0.717) is 45.2 Å². The smallest absolute Gasteiger partial charge is 0.402 e. The molecule has 0 bridgehead atoms. The van der Waals surface area contributed by atoms with Crippen LogP contribution < -0.4 is 36.6 Å². The lowest BCUT2D eigenvalue weighted by Crippen LogP contribution is -2.41. The van der Waals surface area contributed by atoms with Crippen LogP contribution in [0.15, 0.2) is 103 Å². The van der Waals surface area contributed by atoms with Crippen LogP contribution in [0.2, 0.25) is 0 Å². The third-order valence-corrected chi connectivity index (χ3v) is 13.5. The normalized spacial score (nSPS) is 12.5. The average Bonchev–Trinajstić information content (AvgIpc) is 3.43. The number of benzene rings is 4. The molecule has 0 radical (unpaired) electrons. The zero-order valence-electron chi connectivity index (χ0n) is 45.6. The van der Waals surface area contributed by atoms with Gasteiger partial charge in [-0.05, 0) is 98.6 Å². The van der Waals surface area contributed by atoms with Crippen molar-refractivity contribution in [2.75, 3.05) is 44.2 Å². The van der Waals surface area contributed by atoms with E-state index in [1.807, 2.05) is 48.5 Å². The highest BCUT2D eigenvalue weighted by Gasteiger charge is 2.24. The minimum atomic E-state index is -4.06. The second-order valence-electron chi connectivity index (χ2n) is 18.8. The van der Waals surface area contributed by atoms with Gasteiger partial charge in [-0.3, -0.25) is 38.1 Å². The zero-order valence-corrected chi connectivity index (χ0v) is 46.4. The molecule has 4 aromatic rings. The van der Waals surface area contributed by atoms with Gasteiger partial charge in [-0.1, -0.05) is 122 Å². The average molecular weight is 1110 g/mol. The molecule has 20 nitrogen and oxygen atoms in total. The van der Waals surface area contributed by atoms with E-state index in [0.717, 1.165) is 55.5 Å². The number of unbranched alkanes of at least 4 members (excludes halogenated alkanes) is 4. The van der Waals surface area contributed by atoms with Crippen molar-refractivity contribution < 1.29 is 62.6 Å². The maximum absolute atomic E-state index is 13.4. The summed E-state index contributed by atoms with van der Waals surface area (Å²) >= 11 is 0. The first-order valence-electron chi connectivity index (χ1n) is 27.0. The molecular weight excluding hydrogens is 1030 g/mol. The fraction of sp³-hybridized carbons (Fsp3) is 0.448. The number of nitrogens with one attached hydrogen (secondary N) is 6. The molecule has 4 aromatic carbocycles. The summed E-state index contributed by atoms with van der Waals surface area (Å²) in [4.78, 5) is 106. The number of amides is 6. The molecule has 21 heteroatoms. The van der Waals surface area contributed by atoms with Gasteiger partial charge in [0.25, 0.3) is 0 Å². The number of para-hydroxylation sites is 1. The van der Waals surface area contributed by atoms with Gasteiger partial charge in [-0.15, -0.1) is 0 Å². The number of carbonyl (C=O) groups excluding carboxylic acids is 6. The van der Waals surface area contributed by atoms with Gasteiger partial charge < -0.3 is 46.6 Å². The molecule has 0 saturated carbocycles. The Morgan fingerprint density at radius 2 is 1.24 bits per heavy atom. The van der Waals surface area contributed by atoms with Crippen molar-refractivity contribution in [3.8, 4) is 11.1 Å². The van der Waals surface area contributed by atoms with Gasteiger partial charge in [0.15, 0.2) is 0 Å². The fourth-order valence-electron chi connectivity index (χ4n) is 7.94. The van der Waals surface area contributed by atoms with Crippen LogP contribution in [-0.2, 0) is 66.8 Å². The summed E-state index contributed by atoms with van der Waals surface area (Å²) in [7, 11) is -4.06. The number of hydrogen-bond acceptors (Lipinski definition) is 10. The molecule has 5 rings (SSSR count). The summed E-state index contributed by atoms with van der Waals surface area (Å²) in [6.45, 7) is 5.63. The van der Waals surface area contributed by atoms with Gasteiger partial charge in [0, 0.05) is 64.0 Å². The van der Waals surface area contributed by atoms with E-state index in [-0.39, 0.29) is 77.1 Å². The number of hydrogen-bond donors (Lipinski definition) is 9. The van der Waals surface area contributed by atoms with Crippen LogP contribution in [0.3, 0.4) is 0 Å². The molecule has 1 aliphatic rings. The number of rotatable bonds is 32. The highest BCUT2D eigenvalue weighted by molar-refractivity contribution is 7.50. The summed E-state index contributed by atoms with van der Waals surface area (Å²) in [5.41, 5.74) is 8.04. The highest BCUT2D eigenvalue weighted by Crippen LogP contribution is 2.36. The number of anilines is 1. The third-order valence-electron chi connectivity index (χ3n) is 12.4. The van der Waals surface area contributed by atoms with E-state index >= 15 is 0 Å². The largest absolute Gasteiger partial charge is 0.481 e. The highest BCUT2D eigenvalue weighted by atomic mass is 31.2. The van der Waals surface area contributed by atoms with Crippen molar-refractivity contribution in [2.24, 2.45) is 0 Å². The fourth-order valence-corrected chi connectivity index (χ4v) is 8.85. The quantitative estimate of drug-likeness (QED) is 0.0137. The third kappa shape index (κ3) is 28.8. The Morgan fingerprint density at radius 3 is 1.92 bits per heavy atom. The predicted molar refractivity (Wildman–Crippen MR) is 302 cm³/mol. The van der Waals surface area contributed by atoms with Crippen LogP contribution in [0, 0.1) is 6.92 Å². The Hall–Kier alpha value is -7.25. The van der Waals surface area contributed by atoms with Gasteiger partial charge in [-0.2, -0.15) is 0 Å². The van der Waals surface area contributed by atoms with Crippen molar-refractivity contribution in [1.29, 1.82) is 0 Å². The van der Waals surface area contributed by atoms with E-state index in [9.17, 15) is 52.9 Å². The van der Waals surface area contributed by atoms with Crippen LogP contribution in [0.25, 0.3) is 11.1 Å². The molecule has 6 amide bonds. The molecular formula is C58H80N7O13P. The van der Waals surface area contributed by atoms with E-state index < -0.39 is 49.4 Å². The number of aryl methyl sites for hydroxylation is 3. The second-order valence-corrected chi connectivity index (χ2v) is 20.4. The summed E-state index contributed by atoms with van der Waals surface area (Å²) in [5, 5.41) is 33.2. The monoisotopic (exact) mass is 1110 g/mol. The Morgan fingerprint density at radius 1 is 0.620 bits per heavy atom. The lowest BCUT2D eigenvalue weighted by molar-refractivity contribution is -0.142. The SMILES string of the molecule is CCCCNC=O.Cc1ccc(-c2ccccc2)cc1.O=C(O)CCCNP(=O)(O)OCCCCNC(=O)CCC(NC(=O)CCCCCNC(=O)CNC(=O)CCC(=O)N1Cc2ccccc2CCc2ccccc21)C(=O)O. The Kier molecular flexibility index (Phi) is 32.0. The van der Waals surface area contributed by atoms with Gasteiger partial charge >= 0.3 is 19.7 Å². The molecule has 2 unspecified atom stereocenters. The molecule has 2 atom stereocenters. The van der Waals surface area contributed by atoms with Gasteiger partial charge in [0.05, 0.1) is 19.7 Å². The first-order valence-corrected chi connectivity index (χ1v) is 28.6. The van der Waals surface area contributed by atoms with Crippen molar-refractivity contribution >= 4 is 61.3 Å². The minimum absolute atomic E-state index is 0.000657. The number of carboxylic acid groups (broad SMARTS) is 2. The van der Waals surface area contributed by atoms with Gasteiger partial charge in [0.2, 0.25) is 35.9 Å². The van der Waals surface area contributed by atoms with E-state index in [1.54, 1.807) is 4.90 Å². The van der Waals surface area contributed by atoms with Crippen LogP contribution >= 0.6 is 7.75 Å². The molecule has 0 fully saturated rings. The molecule has 79 heavy (non-hydrogen) atoms. The Labute approximate surface area is 463 Å². The van der Waals surface area contributed by atoms with Crippen molar-refractivity contribution in [3.63, 3.8) is 0 Å². The van der Waals surface area contributed by atoms with E-state index in [4.69, 9.17) is 9.63 Å². The second kappa shape index (κ2) is 38.3. The number of carboxylic acids is 2. The van der Waals surface area contributed by atoms with Gasteiger partial charge in [0.1, 0.15) is 6.04 Å². The molecule has 430 valence electrons. The van der Waals surface area contributed by atoms with Crippen LogP contribution in [-0.4, -0.2) is 108 Å². The van der Waals surface area contributed by atoms with Gasteiger partial charge in [-0.25, -0.2) is 14.4 Å². The minimum Gasteiger partial charge on any atom is -0.481 e. The summed E-state index contributed by atoms with van der Waals surface area (Å²) in [6, 6.07) is 33.6. The Bertz CT molecular complexity index is 2570. The molecule has 0 spiro atoms. The summed E-state index contributed by atoms with van der Waals surface area (Å²) in [5.74, 6) is -4.19. The number of carbonyl (C=O) groups is 8. The van der Waals surface area contributed by atoms with Crippen molar-refractivity contribution in [3.05, 3.63) is 125 Å². The Balaban J connectivity index is 0.000000677. The van der Waals surface area contributed by atoms with E-state index in [2.05, 4.69) is 100 Å². The van der Waals surface area contributed by atoms with Crippen LogP contribution in [0.5, 0.6) is 0 Å². The molecule has 1 heterocycles. The number of nitrogens with zero attached hydrogens (tertiary/aromatic N) is 1. The van der Waals surface area contributed by atoms with E-state index in [1.165, 1.54) is 22.3 Å².